The van der Waals surface area contributed by atoms with Crippen molar-refractivity contribution in [2.75, 3.05) is 6.54 Å². The van der Waals surface area contributed by atoms with Gasteiger partial charge in [0.1, 0.15) is 23.9 Å². The number of sulfonamides is 1. The maximum absolute atomic E-state index is 13.1. The molecule has 0 spiro atoms. The van der Waals surface area contributed by atoms with Gasteiger partial charge in [-0.05, 0) is 36.4 Å². The van der Waals surface area contributed by atoms with Crippen LogP contribution in [0.3, 0.4) is 0 Å². The third-order valence-corrected chi connectivity index (χ3v) is 6.37. The van der Waals surface area contributed by atoms with E-state index >= 15 is 0 Å². The zero-order chi connectivity index (χ0) is 24.9. The second kappa shape index (κ2) is 10.1. The Morgan fingerprint density at radius 3 is 2.41 bits per heavy atom. The summed E-state index contributed by atoms with van der Waals surface area (Å²) in [5, 5.41) is 15.3. The van der Waals surface area contributed by atoms with Crippen LogP contribution in [0, 0.1) is 5.82 Å². The van der Waals surface area contributed by atoms with Crippen LogP contribution >= 0.6 is 0 Å². The van der Waals surface area contributed by atoms with Crippen molar-refractivity contribution in [3.05, 3.63) is 66.0 Å². The molecule has 1 aliphatic rings. The zero-order valence-electron chi connectivity index (χ0n) is 17.2. The number of halogens is 4. The maximum atomic E-state index is 13.1. The minimum Gasteiger partial charge on any atom is -0.486 e. The molecule has 0 aliphatic carbocycles. The molecule has 2 aromatic heterocycles. The summed E-state index contributed by atoms with van der Waals surface area (Å²) in [6, 6.07) is 8.33. The van der Waals surface area contributed by atoms with Gasteiger partial charge in [0.05, 0.1) is 29.9 Å². The van der Waals surface area contributed by atoms with Gasteiger partial charge in [0, 0.05) is 12.7 Å². The van der Waals surface area contributed by atoms with Crippen molar-refractivity contribution in [2.24, 2.45) is 0 Å². The molecule has 0 fully saturated rings. The molecule has 15 heteroatoms. The van der Waals surface area contributed by atoms with E-state index in [9.17, 15) is 26.0 Å². The number of carboxylic acids is 1. The van der Waals surface area contributed by atoms with Gasteiger partial charge >= 0.3 is 12.1 Å². The average molecular weight is 503 g/mol. The molecule has 1 aliphatic heterocycles. The normalized spacial score (nSPS) is 14.0. The Kier molecular flexibility index (Phi) is 7.46. The second-order valence-corrected chi connectivity index (χ2v) is 8.72. The zero-order valence-corrected chi connectivity index (χ0v) is 18.0. The van der Waals surface area contributed by atoms with E-state index < -0.39 is 28.0 Å². The number of rotatable bonds is 5. The molecule has 10 nitrogen and oxygen atoms in total. The summed E-state index contributed by atoms with van der Waals surface area (Å²) in [4.78, 5) is 12.9. The number of carbonyl (C=O) groups is 1. The van der Waals surface area contributed by atoms with Crippen LogP contribution in [0.4, 0.5) is 17.6 Å². The van der Waals surface area contributed by atoms with Gasteiger partial charge in [0.25, 0.3) is 0 Å². The van der Waals surface area contributed by atoms with Crippen molar-refractivity contribution in [3.8, 4) is 5.75 Å². The van der Waals surface area contributed by atoms with Gasteiger partial charge in [0.15, 0.2) is 0 Å². The predicted molar refractivity (Wildman–Crippen MR) is 106 cm³/mol. The van der Waals surface area contributed by atoms with E-state index in [-0.39, 0.29) is 24.6 Å². The van der Waals surface area contributed by atoms with Crippen molar-refractivity contribution in [1.82, 2.24) is 24.3 Å². The van der Waals surface area contributed by atoms with E-state index in [1.165, 1.54) is 16.4 Å². The first-order valence-electron chi connectivity index (χ1n) is 9.48. The van der Waals surface area contributed by atoms with Gasteiger partial charge in [-0.25, -0.2) is 22.3 Å². The van der Waals surface area contributed by atoms with E-state index in [1.54, 1.807) is 29.2 Å². The fraction of sp³-hybridized carbons (Fsp3) is 0.263. The molecule has 4 rings (SSSR count). The summed E-state index contributed by atoms with van der Waals surface area (Å²) in [5.41, 5.74) is 1.24. The van der Waals surface area contributed by atoms with Crippen LogP contribution < -0.4 is 4.74 Å². The Labute approximate surface area is 190 Å². The molecule has 0 saturated carbocycles. The molecule has 34 heavy (non-hydrogen) atoms. The lowest BCUT2D eigenvalue weighted by atomic mass is 10.3. The highest BCUT2D eigenvalue weighted by Crippen LogP contribution is 2.23. The molecular formula is C19H17F4N5O5S. The minimum atomic E-state index is -5.08. The SMILES string of the molecule is O=C(O)C(F)(F)F.O=S(=O)(c1ccc(F)cc1)N1CCn2nnc(COc3cccnc3)c2C1. The van der Waals surface area contributed by atoms with Crippen LogP contribution in [-0.2, 0) is 34.5 Å². The number of carboxylic acid groups (broad SMARTS) is 1. The highest BCUT2D eigenvalue weighted by atomic mass is 32.2. The monoisotopic (exact) mass is 503 g/mol. The van der Waals surface area contributed by atoms with Crippen LogP contribution in [0.15, 0.2) is 53.7 Å². The summed E-state index contributed by atoms with van der Waals surface area (Å²) in [5.74, 6) is -2.65. The summed E-state index contributed by atoms with van der Waals surface area (Å²) in [6.45, 7) is 0.929. The van der Waals surface area contributed by atoms with Crippen LogP contribution in [0.2, 0.25) is 0 Å². The molecule has 3 aromatic rings. The van der Waals surface area contributed by atoms with Gasteiger partial charge in [-0.15, -0.1) is 5.10 Å². The number of benzene rings is 1. The first-order chi connectivity index (χ1) is 16.0. The molecule has 0 amide bonds. The smallest absolute Gasteiger partial charge is 0.486 e. The lowest BCUT2D eigenvalue weighted by Crippen LogP contribution is -2.38. The Morgan fingerprint density at radius 1 is 1.15 bits per heavy atom. The maximum Gasteiger partial charge on any atom is 0.490 e. The Morgan fingerprint density at radius 2 is 1.82 bits per heavy atom. The lowest BCUT2D eigenvalue weighted by Gasteiger charge is -2.27. The van der Waals surface area contributed by atoms with Gasteiger partial charge < -0.3 is 9.84 Å². The lowest BCUT2D eigenvalue weighted by molar-refractivity contribution is -0.192. The van der Waals surface area contributed by atoms with E-state index in [0.717, 1.165) is 12.1 Å². The van der Waals surface area contributed by atoms with Crippen molar-refractivity contribution in [1.29, 1.82) is 0 Å². The van der Waals surface area contributed by atoms with Crippen LogP contribution in [-0.4, -0.2) is 56.5 Å². The summed E-state index contributed by atoms with van der Waals surface area (Å²) in [6.07, 6.45) is -1.85. The molecule has 0 radical (unpaired) electrons. The van der Waals surface area contributed by atoms with Crippen molar-refractivity contribution < 1.29 is 40.6 Å². The van der Waals surface area contributed by atoms with Crippen molar-refractivity contribution in [3.63, 3.8) is 0 Å². The number of alkyl halides is 3. The molecule has 182 valence electrons. The standard InChI is InChI=1S/C17H16FN5O3S.C2HF3O2/c18-13-3-5-15(6-4-13)27(24,25)22-8-9-23-17(11-22)16(20-21-23)12-26-14-2-1-7-19-10-14;3-2(4,5)1(6)7/h1-7,10H,8-9,11-12H2;(H,6,7). The first kappa shape index (κ1) is 25.0. The van der Waals surface area contributed by atoms with E-state index in [4.69, 9.17) is 14.6 Å². The number of aliphatic carboxylic acids is 1. The molecule has 0 unspecified atom stereocenters. The fourth-order valence-corrected chi connectivity index (χ4v) is 4.22. The highest BCUT2D eigenvalue weighted by molar-refractivity contribution is 7.89. The summed E-state index contributed by atoms with van der Waals surface area (Å²) < 4.78 is 79.2. The number of ether oxygens (including phenoxy) is 1. The van der Waals surface area contributed by atoms with Gasteiger partial charge in [-0.2, -0.15) is 17.5 Å². The number of hydrogen-bond donors (Lipinski definition) is 1. The number of hydrogen-bond acceptors (Lipinski definition) is 7. The Balaban J connectivity index is 0.000000406. The van der Waals surface area contributed by atoms with Gasteiger partial charge in [-0.3, -0.25) is 4.98 Å². The first-order valence-corrected chi connectivity index (χ1v) is 10.9. The fourth-order valence-electron chi connectivity index (χ4n) is 2.83. The summed E-state index contributed by atoms with van der Waals surface area (Å²) >= 11 is 0. The van der Waals surface area contributed by atoms with Crippen molar-refractivity contribution >= 4 is 16.0 Å². The number of nitrogens with zero attached hydrogens (tertiary/aromatic N) is 5. The number of aromatic nitrogens is 4. The minimum absolute atomic E-state index is 0.0537. The summed E-state index contributed by atoms with van der Waals surface area (Å²) in [7, 11) is -3.74. The third kappa shape index (κ3) is 6.05. The molecule has 0 bridgehead atoms. The van der Waals surface area contributed by atoms with Crippen LogP contribution in [0.5, 0.6) is 5.75 Å². The molecular weight excluding hydrogens is 486 g/mol. The van der Waals surface area contributed by atoms with Crippen molar-refractivity contribution in [2.45, 2.75) is 30.8 Å². The Bertz CT molecular complexity index is 1230. The van der Waals surface area contributed by atoms with E-state index in [0.29, 0.717) is 23.7 Å². The van der Waals surface area contributed by atoms with E-state index in [1.807, 2.05) is 0 Å². The molecule has 0 atom stereocenters. The molecule has 3 heterocycles. The predicted octanol–water partition coefficient (Wildman–Crippen LogP) is 2.23. The number of pyridine rings is 1. The highest BCUT2D eigenvalue weighted by Gasteiger charge is 2.38. The average Bonchev–Trinajstić information content (AvgIpc) is 3.21. The van der Waals surface area contributed by atoms with Gasteiger partial charge in [0.2, 0.25) is 10.0 Å². The third-order valence-electron chi connectivity index (χ3n) is 4.51. The quantitative estimate of drug-likeness (QED) is 0.525. The molecule has 0 saturated heterocycles. The molecule has 1 aromatic carbocycles. The number of fused-ring (bicyclic) bond motifs is 1. The molecule has 1 N–H and O–H groups in total. The largest absolute Gasteiger partial charge is 0.490 e. The Hall–Kier alpha value is -3.59. The second-order valence-electron chi connectivity index (χ2n) is 6.78. The topological polar surface area (TPSA) is 128 Å². The van der Waals surface area contributed by atoms with Gasteiger partial charge in [-0.1, -0.05) is 5.21 Å². The van der Waals surface area contributed by atoms with E-state index in [2.05, 4.69) is 15.3 Å². The van der Waals surface area contributed by atoms with Crippen LogP contribution in [0.1, 0.15) is 11.4 Å². The van der Waals surface area contributed by atoms with Crippen LogP contribution in [0.25, 0.3) is 0 Å².